The van der Waals surface area contributed by atoms with Crippen LogP contribution < -0.4 is 9.47 Å². The molecule has 3 aliphatic rings. The van der Waals surface area contributed by atoms with E-state index < -0.39 is 11.6 Å². The van der Waals surface area contributed by atoms with Gasteiger partial charge in [0.2, 0.25) is 0 Å². The molecule has 2 aromatic rings. The fraction of sp³-hybridized carbons (Fsp3) is 0.500. The quantitative estimate of drug-likeness (QED) is 0.703. The molecule has 0 radical (unpaired) electrons. The maximum Gasteiger partial charge on any atom is 0.341 e. The third-order valence-electron chi connectivity index (χ3n) is 7.26. The van der Waals surface area contributed by atoms with Gasteiger partial charge in [-0.25, -0.2) is 4.79 Å². The third kappa shape index (κ3) is 4.39. The van der Waals surface area contributed by atoms with E-state index in [9.17, 15) is 9.90 Å². The molecule has 0 bridgehead atoms. The zero-order chi connectivity index (χ0) is 23.2. The molecule has 5 rings (SSSR count). The number of benzene rings is 2. The second kappa shape index (κ2) is 8.54. The topological polar surface area (TPSA) is 88.5 Å². The Morgan fingerprint density at radius 2 is 2.00 bits per heavy atom. The number of phenols is 1. The number of fused-ring (bicyclic) bond motifs is 4. The molecule has 33 heavy (non-hydrogen) atoms. The molecule has 4 atom stereocenters. The van der Waals surface area contributed by atoms with Gasteiger partial charge in [0.25, 0.3) is 0 Å². The van der Waals surface area contributed by atoms with Gasteiger partial charge in [0.05, 0.1) is 12.2 Å². The van der Waals surface area contributed by atoms with Crippen molar-refractivity contribution in [1.82, 2.24) is 4.90 Å². The fourth-order valence-corrected chi connectivity index (χ4v) is 5.63. The van der Waals surface area contributed by atoms with Crippen molar-refractivity contribution in [3.63, 3.8) is 0 Å². The number of aliphatic carboxylic acids is 1. The van der Waals surface area contributed by atoms with Crippen LogP contribution in [0.25, 0.3) is 0 Å². The molecule has 3 aliphatic heterocycles. The van der Waals surface area contributed by atoms with Crippen LogP contribution in [0.15, 0.2) is 42.5 Å². The first-order valence-corrected chi connectivity index (χ1v) is 11.6. The molecule has 2 N–H and O–H groups in total. The molecule has 0 aromatic heterocycles. The number of hydrogen-bond acceptors (Lipinski definition) is 6. The monoisotopic (exact) mass is 453 g/mol. The van der Waals surface area contributed by atoms with Crippen molar-refractivity contribution in [3.05, 3.63) is 53.6 Å². The zero-order valence-corrected chi connectivity index (χ0v) is 19.1. The number of rotatable bonds is 5. The smallest absolute Gasteiger partial charge is 0.341 e. The minimum atomic E-state index is -0.983. The Balaban J connectivity index is 1.33. The van der Waals surface area contributed by atoms with Gasteiger partial charge >= 0.3 is 5.97 Å². The predicted molar refractivity (Wildman–Crippen MR) is 122 cm³/mol. The van der Waals surface area contributed by atoms with Crippen LogP contribution in [0.2, 0.25) is 0 Å². The summed E-state index contributed by atoms with van der Waals surface area (Å²) < 4.78 is 18.4. The number of ether oxygens (including phenoxy) is 3. The summed E-state index contributed by atoms with van der Waals surface area (Å²) in [6, 6.07) is 13.3. The van der Waals surface area contributed by atoms with Crippen LogP contribution in [-0.2, 0) is 16.1 Å². The summed E-state index contributed by atoms with van der Waals surface area (Å²) in [6.07, 6.45) is 3.24. The van der Waals surface area contributed by atoms with E-state index in [0.717, 1.165) is 43.7 Å². The Bertz CT molecular complexity index is 1020. The van der Waals surface area contributed by atoms with E-state index in [-0.39, 0.29) is 30.5 Å². The molecule has 0 amide bonds. The van der Waals surface area contributed by atoms with Gasteiger partial charge < -0.3 is 24.4 Å². The number of carboxylic acid groups (broad SMARTS) is 1. The molecule has 2 saturated heterocycles. The largest absolute Gasteiger partial charge is 0.508 e. The molecule has 0 saturated carbocycles. The summed E-state index contributed by atoms with van der Waals surface area (Å²) in [4.78, 5) is 13.2. The Morgan fingerprint density at radius 3 is 2.76 bits per heavy atom. The normalized spacial score (nSPS) is 28.1. The minimum absolute atomic E-state index is 0.0313. The number of hydrogen-bond donors (Lipinski definition) is 2. The molecular weight excluding hydrogens is 422 g/mol. The Morgan fingerprint density at radius 1 is 1.21 bits per heavy atom. The number of carboxylic acids is 1. The molecule has 3 heterocycles. The third-order valence-corrected chi connectivity index (χ3v) is 7.26. The van der Waals surface area contributed by atoms with Crippen molar-refractivity contribution in [2.75, 3.05) is 13.2 Å². The Hall–Kier alpha value is -2.77. The summed E-state index contributed by atoms with van der Waals surface area (Å²) in [5, 5.41) is 18.7. The van der Waals surface area contributed by atoms with Crippen molar-refractivity contribution in [2.24, 2.45) is 5.92 Å². The van der Waals surface area contributed by atoms with Gasteiger partial charge in [-0.3, -0.25) is 4.90 Å². The van der Waals surface area contributed by atoms with E-state index in [0.29, 0.717) is 11.8 Å². The predicted octanol–water partition coefficient (Wildman–Crippen LogP) is 4.14. The lowest BCUT2D eigenvalue weighted by Gasteiger charge is -2.54. The van der Waals surface area contributed by atoms with Crippen molar-refractivity contribution in [1.29, 1.82) is 0 Å². The first-order chi connectivity index (χ1) is 15.8. The summed E-state index contributed by atoms with van der Waals surface area (Å²) in [5.74, 6) is 0.719. The van der Waals surface area contributed by atoms with Crippen LogP contribution >= 0.6 is 0 Å². The fourth-order valence-electron chi connectivity index (χ4n) is 5.63. The zero-order valence-electron chi connectivity index (χ0n) is 19.1. The lowest BCUT2D eigenvalue weighted by atomic mass is 9.72. The molecule has 176 valence electrons. The molecule has 0 aliphatic carbocycles. The van der Waals surface area contributed by atoms with Gasteiger partial charge in [-0.1, -0.05) is 12.1 Å². The minimum Gasteiger partial charge on any atom is -0.508 e. The number of carbonyl (C=O) groups is 1. The SMILES string of the molecule is CC1(C)Oc2cc(O)ccc2[C@@H]2O[C@@H]3CCCN(Cc4ccc(OCC(=O)O)cc4)[C@@H]3C[C@H]21. The van der Waals surface area contributed by atoms with Crippen LogP contribution in [0.1, 0.15) is 50.3 Å². The van der Waals surface area contributed by atoms with Gasteiger partial charge in [-0.15, -0.1) is 0 Å². The van der Waals surface area contributed by atoms with Crippen LogP contribution in [0.3, 0.4) is 0 Å². The van der Waals surface area contributed by atoms with E-state index in [1.165, 1.54) is 5.56 Å². The average molecular weight is 454 g/mol. The van der Waals surface area contributed by atoms with Crippen LogP contribution in [0.4, 0.5) is 0 Å². The highest BCUT2D eigenvalue weighted by atomic mass is 16.5. The highest BCUT2D eigenvalue weighted by molar-refractivity contribution is 5.68. The number of piperidine rings is 1. The maximum atomic E-state index is 10.7. The van der Waals surface area contributed by atoms with Crippen molar-refractivity contribution < 1.29 is 29.2 Å². The first-order valence-electron chi connectivity index (χ1n) is 11.6. The lowest BCUT2D eigenvalue weighted by Crippen LogP contribution is -2.58. The molecule has 7 nitrogen and oxygen atoms in total. The number of likely N-dealkylation sites (tertiary alicyclic amines) is 1. The van der Waals surface area contributed by atoms with Gasteiger partial charge in [0.15, 0.2) is 6.61 Å². The Kier molecular flexibility index (Phi) is 5.70. The van der Waals surface area contributed by atoms with E-state index in [1.807, 2.05) is 30.3 Å². The summed E-state index contributed by atoms with van der Waals surface area (Å²) in [6.45, 7) is 5.72. The molecule has 2 fully saturated rings. The lowest BCUT2D eigenvalue weighted by molar-refractivity contribution is -0.190. The second-order valence-electron chi connectivity index (χ2n) is 9.87. The summed E-state index contributed by atoms with van der Waals surface area (Å²) in [5.41, 5.74) is 1.80. The van der Waals surface area contributed by atoms with Crippen LogP contribution in [-0.4, -0.2) is 52.0 Å². The maximum absolute atomic E-state index is 10.7. The van der Waals surface area contributed by atoms with E-state index in [1.54, 1.807) is 12.1 Å². The number of phenolic OH excluding ortho intramolecular Hbond substituents is 1. The van der Waals surface area contributed by atoms with Crippen LogP contribution in [0, 0.1) is 5.92 Å². The molecule has 0 spiro atoms. The molecule has 2 aromatic carbocycles. The van der Waals surface area contributed by atoms with Crippen molar-refractivity contribution in [3.8, 4) is 17.2 Å². The molecule has 0 unspecified atom stereocenters. The molecule has 7 heteroatoms. The van der Waals surface area contributed by atoms with E-state index in [4.69, 9.17) is 19.3 Å². The number of aromatic hydroxyl groups is 1. The van der Waals surface area contributed by atoms with Gasteiger partial charge in [0, 0.05) is 30.1 Å². The second-order valence-corrected chi connectivity index (χ2v) is 9.87. The summed E-state index contributed by atoms with van der Waals surface area (Å²) >= 11 is 0. The molecular formula is C26H31NO6. The van der Waals surface area contributed by atoms with E-state index >= 15 is 0 Å². The van der Waals surface area contributed by atoms with Crippen LogP contribution in [0.5, 0.6) is 17.2 Å². The number of nitrogens with zero attached hydrogens (tertiary/aromatic N) is 1. The van der Waals surface area contributed by atoms with Gasteiger partial charge in [-0.2, -0.15) is 0 Å². The van der Waals surface area contributed by atoms with Gasteiger partial charge in [-0.05, 0) is 69.5 Å². The average Bonchev–Trinajstić information content (AvgIpc) is 2.77. The highest BCUT2D eigenvalue weighted by Gasteiger charge is 2.52. The highest BCUT2D eigenvalue weighted by Crippen LogP contribution is 2.53. The van der Waals surface area contributed by atoms with Gasteiger partial charge in [0.1, 0.15) is 22.8 Å². The van der Waals surface area contributed by atoms with Crippen molar-refractivity contribution >= 4 is 5.97 Å². The van der Waals surface area contributed by atoms with E-state index in [2.05, 4.69) is 18.7 Å². The first kappa shape index (κ1) is 22.0. The van der Waals surface area contributed by atoms with Crippen molar-refractivity contribution in [2.45, 2.75) is 63.5 Å². The Labute approximate surface area is 193 Å². The summed E-state index contributed by atoms with van der Waals surface area (Å²) in [7, 11) is 0. The standard InChI is InChI=1S/C26H31NO6/c1-26(2)20-13-21-22(32-25(20)19-10-7-17(28)12-23(19)33-26)4-3-11-27(21)14-16-5-8-18(9-6-16)31-15-24(29)30/h5-10,12,20-22,25,28H,3-4,11,13-15H2,1-2H3,(H,29,30)/t20-,21-,22-,25+/m1/s1.